The maximum atomic E-state index is 5.91. The van der Waals surface area contributed by atoms with Crippen molar-refractivity contribution < 1.29 is 4.74 Å². The van der Waals surface area contributed by atoms with E-state index in [-0.39, 0.29) is 0 Å². The molecule has 0 radical (unpaired) electrons. The van der Waals surface area contributed by atoms with E-state index in [0.29, 0.717) is 23.4 Å². The van der Waals surface area contributed by atoms with Crippen LogP contribution in [0.2, 0.25) is 5.02 Å². The largest absolute Gasteiger partial charge is 0.487 e. The first-order valence-electron chi connectivity index (χ1n) is 7.18. The summed E-state index contributed by atoms with van der Waals surface area (Å²) in [5, 5.41) is 4.02. The van der Waals surface area contributed by atoms with Crippen molar-refractivity contribution in [3.63, 3.8) is 0 Å². The molecule has 0 saturated carbocycles. The Morgan fingerprint density at radius 3 is 2.67 bits per heavy atom. The van der Waals surface area contributed by atoms with Gasteiger partial charge in [-0.3, -0.25) is 4.98 Å². The third-order valence-corrected chi connectivity index (χ3v) is 3.35. The van der Waals surface area contributed by atoms with Crippen LogP contribution in [-0.2, 0) is 13.0 Å². The van der Waals surface area contributed by atoms with Gasteiger partial charge >= 0.3 is 0 Å². The summed E-state index contributed by atoms with van der Waals surface area (Å²) in [6.45, 7) is 5.80. The topological polar surface area (TPSA) is 34.1 Å². The van der Waals surface area contributed by atoms with Gasteiger partial charge in [-0.2, -0.15) is 0 Å². The summed E-state index contributed by atoms with van der Waals surface area (Å²) in [7, 11) is 0. The van der Waals surface area contributed by atoms with Crippen LogP contribution in [-0.4, -0.2) is 17.6 Å². The predicted molar refractivity (Wildman–Crippen MR) is 86.9 cm³/mol. The fraction of sp³-hybridized carbons (Fsp3) is 0.353. The van der Waals surface area contributed by atoms with Gasteiger partial charge in [0.1, 0.15) is 12.4 Å². The molecule has 21 heavy (non-hydrogen) atoms. The van der Waals surface area contributed by atoms with E-state index in [9.17, 15) is 0 Å². The van der Waals surface area contributed by atoms with Crippen molar-refractivity contribution in [2.75, 3.05) is 6.54 Å². The number of hydrogen-bond donors (Lipinski definition) is 1. The molecule has 0 amide bonds. The summed E-state index contributed by atoms with van der Waals surface area (Å²) in [6.07, 6.45) is 4.26. The molecular weight excluding hydrogens is 284 g/mol. The number of pyridine rings is 1. The number of nitrogens with one attached hydrogen (secondary N) is 1. The molecule has 0 spiro atoms. The third kappa shape index (κ3) is 5.37. The molecule has 0 atom stereocenters. The highest BCUT2D eigenvalue weighted by Gasteiger charge is 2.04. The van der Waals surface area contributed by atoms with Crippen LogP contribution in [0.15, 0.2) is 42.7 Å². The highest BCUT2D eigenvalue weighted by molar-refractivity contribution is 6.30. The van der Waals surface area contributed by atoms with Crippen molar-refractivity contribution in [1.29, 1.82) is 0 Å². The molecule has 112 valence electrons. The van der Waals surface area contributed by atoms with E-state index in [2.05, 4.69) is 42.3 Å². The minimum absolute atomic E-state index is 0.506. The Hall–Kier alpha value is -1.58. The molecule has 1 N–H and O–H groups in total. The molecule has 0 fully saturated rings. The Labute approximate surface area is 131 Å². The lowest BCUT2D eigenvalue weighted by Gasteiger charge is -2.12. The molecular formula is C17H21ClN2O. The van der Waals surface area contributed by atoms with E-state index in [1.54, 1.807) is 18.5 Å². The van der Waals surface area contributed by atoms with E-state index in [4.69, 9.17) is 16.3 Å². The molecule has 1 heterocycles. The Balaban J connectivity index is 1.96. The van der Waals surface area contributed by atoms with Crippen LogP contribution in [0, 0.1) is 0 Å². The van der Waals surface area contributed by atoms with Crippen molar-refractivity contribution >= 4 is 11.6 Å². The predicted octanol–water partition coefficient (Wildman–Crippen LogP) is 3.85. The summed E-state index contributed by atoms with van der Waals surface area (Å²) in [6, 6.07) is 10.6. The zero-order chi connectivity index (χ0) is 15.1. The zero-order valence-corrected chi connectivity index (χ0v) is 13.2. The van der Waals surface area contributed by atoms with Crippen LogP contribution in [0.4, 0.5) is 0 Å². The molecule has 0 aliphatic carbocycles. The van der Waals surface area contributed by atoms with Gasteiger partial charge in [0, 0.05) is 18.3 Å². The molecule has 0 unspecified atom stereocenters. The van der Waals surface area contributed by atoms with Crippen LogP contribution in [0.25, 0.3) is 0 Å². The molecule has 3 nitrogen and oxygen atoms in total. The van der Waals surface area contributed by atoms with E-state index in [1.807, 2.05) is 6.07 Å². The van der Waals surface area contributed by atoms with E-state index in [0.717, 1.165) is 13.0 Å². The Morgan fingerprint density at radius 1 is 1.19 bits per heavy atom. The van der Waals surface area contributed by atoms with Crippen molar-refractivity contribution in [1.82, 2.24) is 10.3 Å². The highest BCUT2D eigenvalue weighted by Crippen LogP contribution is 2.18. The smallest absolute Gasteiger partial charge is 0.139 e. The van der Waals surface area contributed by atoms with E-state index in [1.165, 1.54) is 11.1 Å². The second-order valence-electron chi connectivity index (χ2n) is 5.26. The maximum absolute atomic E-state index is 5.91. The third-order valence-electron chi connectivity index (χ3n) is 3.14. The van der Waals surface area contributed by atoms with Gasteiger partial charge in [-0.05, 0) is 24.1 Å². The molecule has 4 heteroatoms. The van der Waals surface area contributed by atoms with Gasteiger partial charge in [0.15, 0.2) is 0 Å². The normalized spacial score (nSPS) is 10.9. The van der Waals surface area contributed by atoms with Gasteiger partial charge in [-0.1, -0.05) is 49.7 Å². The first-order chi connectivity index (χ1) is 10.1. The lowest BCUT2D eigenvalue weighted by atomic mass is 10.1. The number of nitrogens with zero attached hydrogens (tertiary/aromatic N) is 1. The summed E-state index contributed by atoms with van der Waals surface area (Å²) >= 11 is 5.91. The minimum atomic E-state index is 0.506. The molecule has 1 aromatic carbocycles. The standard InChI is InChI=1S/C17H21ClN2O/c1-13(2)20-8-7-14-5-3-4-6-15(14)12-21-17-9-16(18)10-19-11-17/h3-6,9-11,13,20H,7-8,12H2,1-2H3. The minimum Gasteiger partial charge on any atom is -0.487 e. The van der Waals surface area contributed by atoms with Gasteiger partial charge in [0.05, 0.1) is 11.2 Å². The average Bonchev–Trinajstić information content (AvgIpc) is 2.46. The Bertz CT molecular complexity index is 572. The Kier molecular flexibility index (Phi) is 6.03. The second kappa shape index (κ2) is 8.01. The van der Waals surface area contributed by atoms with Gasteiger partial charge in [-0.15, -0.1) is 0 Å². The lowest BCUT2D eigenvalue weighted by molar-refractivity contribution is 0.303. The van der Waals surface area contributed by atoms with Crippen LogP contribution >= 0.6 is 11.6 Å². The number of hydrogen-bond acceptors (Lipinski definition) is 3. The van der Waals surface area contributed by atoms with Crippen LogP contribution in [0.1, 0.15) is 25.0 Å². The molecule has 0 aliphatic heterocycles. The van der Waals surface area contributed by atoms with Crippen LogP contribution in [0.5, 0.6) is 5.75 Å². The van der Waals surface area contributed by atoms with Crippen LogP contribution in [0.3, 0.4) is 0 Å². The number of ether oxygens (including phenoxy) is 1. The van der Waals surface area contributed by atoms with E-state index < -0.39 is 0 Å². The summed E-state index contributed by atoms with van der Waals surface area (Å²) in [4.78, 5) is 4.02. The lowest BCUT2D eigenvalue weighted by Crippen LogP contribution is -2.25. The van der Waals surface area contributed by atoms with Gasteiger partial charge in [0.2, 0.25) is 0 Å². The van der Waals surface area contributed by atoms with Crippen molar-refractivity contribution in [3.05, 3.63) is 58.9 Å². The fourth-order valence-corrected chi connectivity index (χ4v) is 2.23. The quantitative estimate of drug-likeness (QED) is 0.843. The first kappa shape index (κ1) is 15.8. The SMILES string of the molecule is CC(C)NCCc1ccccc1COc1cncc(Cl)c1. The Morgan fingerprint density at radius 2 is 1.95 bits per heavy atom. The summed E-state index contributed by atoms with van der Waals surface area (Å²) < 4.78 is 5.77. The molecule has 0 aliphatic rings. The molecule has 1 aromatic heterocycles. The van der Waals surface area contributed by atoms with Crippen molar-refractivity contribution in [3.8, 4) is 5.75 Å². The number of rotatable bonds is 7. The molecule has 0 bridgehead atoms. The number of aromatic nitrogens is 1. The number of benzene rings is 1. The van der Waals surface area contributed by atoms with Crippen molar-refractivity contribution in [2.24, 2.45) is 0 Å². The van der Waals surface area contributed by atoms with Crippen molar-refractivity contribution in [2.45, 2.75) is 32.9 Å². The van der Waals surface area contributed by atoms with Gasteiger partial charge in [0.25, 0.3) is 0 Å². The van der Waals surface area contributed by atoms with Gasteiger partial charge in [-0.25, -0.2) is 0 Å². The van der Waals surface area contributed by atoms with Crippen LogP contribution < -0.4 is 10.1 Å². The monoisotopic (exact) mass is 304 g/mol. The van der Waals surface area contributed by atoms with E-state index >= 15 is 0 Å². The molecule has 0 saturated heterocycles. The summed E-state index contributed by atoms with van der Waals surface area (Å²) in [5.74, 6) is 0.692. The second-order valence-corrected chi connectivity index (χ2v) is 5.69. The zero-order valence-electron chi connectivity index (χ0n) is 12.5. The number of halogens is 1. The van der Waals surface area contributed by atoms with Gasteiger partial charge < -0.3 is 10.1 Å². The maximum Gasteiger partial charge on any atom is 0.139 e. The fourth-order valence-electron chi connectivity index (χ4n) is 2.07. The average molecular weight is 305 g/mol. The highest BCUT2D eigenvalue weighted by atomic mass is 35.5. The molecule has 2 aromatic rings. The summed E-state index contributed by atoms with van der Waals surface area (Å²) in [5.41, 5.74) is 2.50. The first-order valence-corrected chi connectivity index (χ1v) is 7.56. The molecule has 2 rings (SSSR count).